The molecule has 2 aromatic rings. The second-order valence-corrected chi connectivity index (χ2v) is 4.62. The fourth-order valence-corrected chi connectivity index (χ4v) is 2.04. The van der Waals surface area contributed by atoms with E-state index in [-0.39, 0.29) is 5.91 Å². The number of benzene rings is 1. The number of nitrogens with one attached hydrogen (secondary N) is 1. The maximum Gasteiger partial charge on any atom is 0.272 e. The first-order valence-electron chi connectivity index (χ1n) is 7.20. The zero-order chi connectivity index (χ0) is 15.9. The molecule has 0 saturated heterocycles. The lowest BCUT2D eigenvalue weighted by Crippen LogP contribution is -2.31. The van der Waals surface area contributed by atoms with Gasteiger partial charge in [-0.1, -0.05) is 0 Å². The SMILES string of the molecule is CCN(CC)C(=O)c1cc(Nc2ccc(OC)cc2)ncn1. The molecule has 6 heteroatoms. The molecule has 6 nitrogen and oxygen atoms in total. The van der Waals surface area contributed by atoms with E-state index in [0.29, 0.717) is 24.6 Å². The Morgan fingerprint density at radius 3 is 2.45 bits per heavy atom. The van der Waals surface area contributed by atoms with Crippen LogP contribution >= 0.6 is 0 Å². The van der Waals surface area contributed by atoms with Gasteiger partial charge in [0.2, 0.25) is 0 Å². The molecular formula is C16H20N4O2. The number of methoxy groups -OCH3 is 1. The molecule has 0 radical (unpaired) electrons. The molecule has 0 fully saturated rings. The van der Waals surface area contributed by atoms with Gasteiger partial charge in [-0.05, 0) is 38.1 Å². The van der Waals surface area contributed by atoms with E-state index in [1.807, 2.05) is 38.1 Å². The summed E-state index contributed by atoms with van der Waals surface area (Å²) in [6.07, 6.45) is 1.39. The molecule has 0 atom stereocenters. The Morgan fingerprint density at radius 2 is 1.86 bits per heavy atom. The van der Waals surface area contributed by atoms with E-state index < -0.39 is 0 Å². The lowest BCUT2D eigenvalue weighted by atomic mass is 10.3. The summed E-state index contributed by atoms with van der Waals surface area (Å²) in [5.74, 6) is 1.27. The van der Waals surface area contributed by atoms with E-state index in [9.17, 15) is 4.79 Å². The third-order valence-electron chi connectivity index (χ3n) is 3.30. The van der Waals surface area contributed by atoms with Crippen LogP contribution in [0.25, 0.3) is 0 Å². The van der Waals surface area contributed by atoms with Gasteiger partial charge in [-0.2, -0.15) is 0 Å². The number of rotatable bonds is 6. The Labute approximate surface area is 130 Å². The molecule has 0 spiro atoms. The van der Waals surface area contributed by atoms with E-state index >= 15 is 0 Å². The summed E-state index contributed by atoms with van der Waals surface area (Å²) in [5, 5.41) is 3.15. The molecule has 1 heterocycles. The molecule has 0 saturated carbocycles. The highest BCUT2D eigenvalue weighted by molar-refractivity contribution is 5.93. The van der Waals surface area contributed by atoms with Crippen molar-refractivity contribution in [2.75, 3.05) is 25.5 Å². The molecule has 1 amide bonds. The summed E-state index contributed by atoms with van der Waals surface area (Å²) in [7, 11) is 1.62. The second-order valence-electron chi connectivity index (χ2n) is 4.62. The molecule has 0 bridgehead atoms. The summed E-state index contributed by atoms with van der Waals surface area (Å²) in [6.45, 7) is 5.19. The van der Waals surface area contributed by atoms with Crippen molar-refractivity contribution in [3.05, 3.63) is 42.4 Å². The van der Waals surface area contributed by atoms with Crippen LogP contribution in [0.3, 0.4) is 0 Å². The third-order valence-corrected chi connectivity index (χ3v) is 3.30. The van der Waals surface area contributed by atoms with E-state index in [1.165, 1.54) is 6.33 Å². The Kier molecular flexibility index (Phi) is 5.30. The number of ether oxygens (including phenoxy) is 1. The quantitative estimate of drug-likeness (QED) is 0.888. The van der Waals surface area contributed by atoms with Crippen LogP contribution in [0.1, 0.15) is 24.3 Å². The van der Waals surface area contributed by atoms with Crippen LogP contribution in [0.15, 0.2) is 36.7 Å². The summed E-state index contributed by atoms with van der Waals surface area (Å²) in [5.41, 5.74) is 1.25. The van der Waals surface area contributed by atoms with E-state index in [2.05, 4.69) is 15.3 Å². The highest BCUT2D eigenvalue weighted by Crippen LogP contribution is 2.19. The second kappa shape index (κ2) is 7.40. The molecule has 0 aliphatic carbocycles. The van der Waals surface area contributed by atoms with Gasteiger partial charge in [0.05, 0.1) is 7.11 Å². The van der Waals surface area contributed by atoms with E-state index in [1.54, 1.807) is 18.1 Å². The van der Waals surface area contributed by atoms with Crippen LogP contribution in [-0.4, -0.2) is 41.0 Å². The van der Waals surface area contributed by atoms with Crippen LogP contribution in [0.2, 0.25) is 0 Å². The Morgan fingerprint density at radius 1 is 1.18 bits per heavy atom. The predicted molar refractivity (Wildman–Crippen MR) is 85.6 cm³/mol. The van der Waals surface area contributed by atoms with Gasteiger partial charge in [-0.25, -0.2) is 9.97 Å². The standard InChI is InChI=1S/C16H20N4O2/c1-4-20(5-2)16(21)14-10-15(18-11-17-14)19-12-6-8-13(22-3)9-7-12/h6-11H,4-5H2,1-3H3,(H,17,18,19). The Hall–Kier alpha value is -2.63. The zero-order valence-corrected chi connectivity index (χ0v) is 13.0. The monoisotopic (exact) mass is 300 g/mol. The van der Waals surface area contributed by atoms with Crippen molar-refractivity contribution in [2.24, 2.45) is 0 Å². The number of carbonyl (C=O) groups excluding carboxylic acids is 1. The normalized spacial score (nSPS) is 10.1. The highest BCUT2D eigenvalue weighted by Gasteiger charge is 2.14. The van der Waals surface area contributed by atoms with Crippen molar-refractivity contribution in [3.8, 4) is 5.75 Å². The van der Waals surface area contributed by atoms with Gasteiger partial charge in [-0.3, -0.25) is 4.79 Å². The third kappa shape index (κ3) is 3.72. The fraction of sp³-hybridized carbons (Fsp3) is 0.312. The van der Waals surface area contributed by atoms with Gasteiger partial charge in [0.25, 0.3) is 5.91 Å². The molecule has 0 unspecified atom stereocenters. The first kappa shape index (κ1) is 15.8. The van der Waals surface area contributed by atoms with Crippen LogP contribution in [0.5, 0.6) is 5.75 Å². The minimum absolute atomic E-state index is 0.0924. The van der Waals surface area contributed by atoms with E-state index in [0.717, 1.165) is 11.4 Å². The van der Waals surface area contributed by atoms with Gasteiger partial charge < -0.3 is 15.0 Å². The number of anilines is 2. The maximum absolute atomic E-state index is 12.3. The average molecular weight is 300 g/mol. The first-order valence-corrected chi connectivity index (χ1v) is 7.20. The van der Waals surface area contributed by atoms with Crippen molar-refractivity contribution < 1.29 is 9.53 Å². The van der Waals surface area contributed by atoms with Crippen LogP contribution in [-0.2, 0) is 0 Å². The largest absolute Gasteiger partial charge is 0.497 e. The number of hydrogen-bond acceptors (Lipinski definition) is 5. The smallest absolute Gasteiger partial charge is 0.272 e. The van der Waals surface area contributed by atoms with Crippen molar-refractivity contribution in [2.45, 2.75) is 13.8 Å². The lowest BCUT2D eigenvalue weighted by Gasteiger charge is -2.18. The number of hydrogen-bond donors (Lipinski definition) is 1. The molecule has 1 aromatic heterocycles. The van der Waals surface area contributed by atoms with Crippen LogP contribution < -0.4 is 10.1 Å². The fourth-order valence-electron chi connectivity index (χ4n) is 2.04. The molecule has 116 valence electrons. The molecule has 22 heavy (non-hydrogen) atoms. The number of amides is 1. The van der Waals surface area contributed by atoms with Crippen LogP contribution in [0, 0.1) is 0 Å². The van der Waals surface area contributed by atoms with Gasteiger partial charge in [0.15, 0.2) is 0 Å². The van der Waals surface area contributed by atoms with Gasteiger partial charge >= 0.3 is 0 Å². The maximum atomic E-state index is 12.3. The van der Waals surface area contributed by atoms with Crippen molar-refractivity contribution in [1.82, 2.24) is 14.9 Å². The Balaban J connectivity index is 2.15. The molecule has 1 N–H and O–H groups in total. The molecular weight excluding hydrogens is 280 g/mol. The minimum atomic E-state index is -0.0924. The van der Waals surface area contributed by atoms with Gasteiger partial charge in [0, 0.05) is 24.8 Å². The molecule has 2 rings (SSSR count). The highest BCUT2D eigenvalue weighted by atomic mass is 16.5. The lowest BCUT2D eigenvalue weighted by molar-refractivity contribution is 0.0767. The molecule has 0 aliphatic heterocycles. The summed E-state index contributed by atoms with van der Waals surface area (Å²) >= 11 is 0. The summed E-state index contributed by atoms with van der Waals surface area (Å²) in [4.78, 5) is 22.2. The average Bonchev–Trinajstić information content (AvgIpc) is 2.57. The summed E-state index contributed by atoms with van der Waals surface area (Å²) < 4.78 is 5.12. The van der Waals surface area contributed by atoms with Gasteiger partial charge in [-0.15, -0.1) is 0 Å². The Bertz CT molecular complexity index is 624. The van der Waals surface area contributed by atoms with Crippen molar-refractivity contribution in [1.29, 1.82) is 0 Å². The minimum Gasteiger partial charge on any atom is -0.497 e. The van der Waals surface area contributed by atoms with Crippen molar-refractivity contribution >= 4 is 17.4 Å². The predicted octanol–water partition coefficient (Wildman–Crippen LogP) is 2.71. The van der Waals surface area contributed by atoms with Crippen LogP contribution in [0.4, 0.5) is 11.5 Å². The van der Waals surface area contributed by atoms with Gasteiger partial charge in [0.1, 0.15) is 23.6 Å². The summed E-state index contributed by atoms with van der Waals surface area (Å²) in [6, 6.07) is 9.13. The zero-order valence-electron chi connectivity index (χ0n) is 13.0. The first-order chi connectivity index (χ1) is 10.7. The number of nitrogens with zero attached hydrogens (tertiary/aromatic N) is 3. The number of carbonyl (C=O) groups is 1. The molecule has 1 aromatic carbocycles. The topological polar surface area (TPSA) is 67.4 Å². The molecule has 0 aliphatic rings. The van der Waals surface area contributed by atoms with E-state index in [4.69, 9.17) is 4.74 Å². The van der Waals surface area contributed by atoms with Crippen molar-refractivity contribution in [3.63, 3.8) is 0 Å². The number of aromatic nitrogens is 2.